The Morgan fingerprint density at radius 3 is 2.59 bits per heavy atom. The van der Waals surface area contributed by atoms with Crippen molar-refractivity contribution in [1.29, 1.82) is 0 Å². The Balaban J connectivity index is 2.16. The summed E-state index contributed by atoms with van der Waals surface area (Å²) >= 11 is 0. The van der Waals surface area contributed by atoms with Crippen LogP contribution in [0.2, 0.25) is 0 Å². The average Bonchev–Trinajstić information content (AvgIpc) is 3.00. The highest BCUT2D eigenvalue weighted by Gasteiger charge is 2.20. The monoisotopic (exact) mass is 299 g/mol. The normalized spacial score (nSPS) is 12.0. The molecule has 2 heterocycles. The molecule has 0 bridgehead atoms. The third-order valence-corrected chi connectivity index (χ3v) is 3.49. The van der Waals surface area contributed by atoms with Crippen molar-refractivity contribution >= 4 is 22.8 Å². The number of hydrogen-bond acceptors (Lipinski definition) is 4. The van der Waals surface area contributed by atoms with Crippen molar-refractivity contribution in [3.05, 3.63) is 36.2 Å². The summed E-state index contributed by atoms with van der Waals surface area (Å²) < 4.78 is 2.54. The summed E-state index contributed by atoms with van der Waals surface area (Å²) in [5, 5.41) is 18.3. The maximum absolute atomic E-state index is 11.2. The Bertz CT molecular complexity index is 870. The molecule has 0 amide bonds. The smallest absolute Gasteiger partial charge is 0.432 e. The first kappa shape index (κ1) is 14.1. The maximum Gasteiger partial charge on any atom is 0.432 e. The number of fused-ring (bicyclic) bond motifs is 1. The predicted molar refractivity (Wildman–Crippen MR) is 83.4 cm³/mol. The van der Waals surface area contributed by atoms with Gasteiger partial charge in [-0.2, -0.15) is 14.9 Å². The van der Waals surface area contributed by atoms with Gasteiger partial charge in [-0.25, -0.2) is 9.48 Å². The minimum atomic E-state index is -1.13. The van der Waals surface area contributed by atoms with E-state index in [0.717, 1.165) is 15.8 Å². The molecule has 0 aliphatic carbocycles. The van der Waals surface area contributed by atoms with Gasteiger partial charge in [0.15, 0.2) is 0 Å². The Hall–Kier alpha value is -2.83. The molecule has 114 valence electrons. The van der Waals surface area contributed by atoms with Gasteiger partial charge in [0, 0.05) is 16.9 Å². The van der Waals surface area contributed by atoms with E-state index in [1.807, 2.05) is 12.1 Å². The summed E-state index contributed by atoms with van der Waals surface area (Å²) in [6.07, 6.45) is 0.385. The molecular weight excluding hydrogens is 282 g/mol. The lowest BCUT2D eigenvalue weighted by Gasteiger charge is -2.14. The topological polar surface area (TPSA) is 99.0 Å². The van der Waals surface area contributed by atoms with Crippen molar-refractivity contribution in [3.63, 3.8) is 0 Å². The summed E-state index contributed by atoms with van der Waals surface area (Å²) in [5.74, 6) is 0.505. The molecule has 22 heavy (non-hydrogen) atoms. The number of carbonyl (C=O) groups is 1. The molecule has 0 saturated heterocycles. The van der Waals surface area contributed by atoms with Crippen molar-refractivity contribution in [2.24, 2.45) is 0 Å². The van der Waals surface area contributed by atoms with E-state index in [-0.39, 0.29) is 5.41 Å². The number of hydrogen-bond donors (Lipinski definition) is 2. The van der Waals surface area contributed by atoms with Gasteiger partial charge in [-0.05, 0) is 18.2 Å². The molecule has 1 aromatic carbocycles. The molecule has 0 spiro atoms. The standard InChI is InChI=1S/C15H17N5O2/c1-15(2,3)12-7-13(16)19(18-12)10-5-4-9-8-17-20(14(21)22)11(9)6-10/h4-8H,16H2,1-3H3,(H,21,22). The summed E-state index contributed by atoms with van der Waals surface area (Å²) in [5.41, 5.74) is 8.00. The van der Waals surface area contributed by atoms with Gasteiger partial charge in [0.25, 0.3) is 0 Å². The Morgan fingerprint density at radius 1 is 1.27 bits per heavy atom. The van der Waals surface area contributed by atoms with Crippen molar-refractivity contribution in [3.8, 4) is 5.69 Å². The van der Waals surface area contributed by atoms with Crippen LogP contribution in [-0.2, 0) is 5.41 Å². The zero-order valence-corrected chi connectivity index (χ0v) is 12.6. The molecule has 0 unspecified atom stereocenters. The second-order valence-electron chi connectivity index (χ2n) is 6.20. The predicted octanol–water partition coefficient (Wildman–Crippen LogP) is 2.63. The molecule has 3 N–H and O–H groups in total. The number of aromatic nitrogens is 4. The number of benzene rings is 1. The molecule has 0 aliphatic rings. The van der Waals surface area contributed by atoms with E-state index in [4.69, 9.17) is 10.8 Å². The Morgan fingerprint density at radius 2 is 2.00 bits per heavy atom. The molecule has 0 radical (unpaired) electrons. The van der Waals surface area contributed by atoms with Crippen LogP contribution < -0.4 is 5.73 Å². The van der Waals surface area contributed by atoms with Gasteiger partial charge >= 0.3 is 6.09 Å². The lowest BCUT2D eigenvalue weighted by molar-refractivity contribution is 0.194. The third-order valence-electron chi connectivity index (χ3n) is 3.49. The first-order valence-corrected chi connectivity index (χ1v) is 6.85. The molecule has 3 aromatic rings. The van der Waals surface area contributed by atoms with Gasteiger partial charge in [-0.15, -0.1) is 0 Å². The molecule has 2 aromatic heterocycles. The zero-order chi connectivity index (χ0) is 16.1. The SMILES string of the molecule is CC(C)(C)c1cc(N)n(-c2ccc3cnn(C(=O)O)c3c2)n1. The molecule has 7 nitrogen and oxygen atoms in total. The number of nitrogens with two attached hydrogens (primary N) is 1. The molecule has 7 heteroatoms. The van der Waals surface area contributed by atoms with Crippen LogP contribution in [0.1, 0.15) is 26.5 Å². The van der Waals surface area contributed by atoms with Gasteiger partial charge in [0.1, 0.15) is 5.82 Å². The van der Waals surface area contributed by atoms with Crippen LogP contribution in [0.3, 0.4) is 0 Å². The van der Waals surface area contributed by atoms with E-state index in [2.05, 4.69) is 31.0 Å². The summed E-state index contributed by atoms with van der Waals surface area (Å²) in [7, 11) is 0. The summed E-state index contributed by atoms with van der Waals surface area (Å²) in [6.45, 7) is 6.17. The number of carboxylic acid groups (broad SMARTS) is 1. The molecule has 0 fully saturated rings. The first-order chi connectivity index (χ1) is 10.3. The van der Waals surface area contributed by atoms with Crippen molar-refractivity contribution in [2.45, 2.75) is 26.2 Å². The van der Waals surface area contributed by atoms with Crippen molar-refractivity contribution in [2.75, 3.05) is 5.73 Å². The van der Waals surface area contributed by atoms with E-state index in [1.165, 1.54) is 6.20 Å². The molecule has 0 atom stereocenters. The minimum Gasteiger partial charge on any atom is -0.463 e. The van der Waals surface area contributed by atoms with E-state index in [0.29, 0.717) is 17.0 Å². The molecule has 0 saturated carbocycles. The van der Waals surface area contributed by atoms with Crippen LogP contribution in [0.15, 0.2) is 30.5 Å². The minimum absolute atomic E-state index is 0.119. The third kappa shape index (κ3) is 2.20. The Kier molecular flexibility index (Phi) is 2.94. The Labute approximate surface area is 127 Å². The largest absolute Gasteiger partial charge is 0.463 e. The van der Waals surface area contributed by atoms with Crippen LogP contribution >= 0.6 is 0 Å². The number of anilines is 1. The zero-order valence-electron chi connectivity index (χ0n) is 12.6. The fourth-order valence-electron chi connectivity index (χ4n) is 2.26. The summed E-state index contributed by atoms with van der Waals surface area (Å²) in [6, 6.07) is 7.19. The lowest BCUT2D eigenvalue weighted by Crippen LogP contribution is -2.13. The van der Waals surface area contributed by atoms with Crippen LogP contribution in [0.4, 0.5) is 10.6 Å². The number of nitrogen functional groups attached to an aromatic ring is 1. The second kappa shape index (κ2) is 4.59. The van der Waals surface area contributed by atoms with Gasteiger partial charge in [0.2, 0.25) is 0 Å². The molecular formula is C15H17N5O2. The van der Waals surface area contributed by atoms with Gasteiger partial charge in [0.05, 0.1) is 23.1 Å². The van der Waals surface area contributed by atoms with Crippen molar-refractivity contribution < 1.29 is 9.90 Å². The van der Waals surface area contributed by atoms with Crippen molar-refractivity contribution in [1.82, 2.24) is 19.6 Å². The average molecular weight is 299 g/mol. The molecule has 0 aliphatic heterocycles. The van der Waals surface area contributed by atoms with Crippen LogP contribution in [0.25, 0.3) is 16.6 Å². The van der Waals surface area contributed by atoms with Gasteiger partial charge in [-0.1, -0.05) is 20.8 Å². The fraction of sp³-hybridized carbons (Fsp3) is 0.267. The maximum atomic E-state index is 11.2. The molecule has 3 rings (SSSR count). The fourth-order valence-corrected chi connectivity index (χ4v) is 2.26. The van der Waals surface area contributed by atoms with Gasteiger partial charge in [-0.3, -0.25) is 0 Å². The number of nitrogens with zero attached hydrogens (tertiary/aromatic N) is 4. The summed E-state index contributed by atoms with van der Waals surface area (Å²) in [4.78, 5) is 11.2. The quantitative estimate of drug-likeness (QED) is 0.719. The highest BCUT2D eigenvalue weighted by Crippen LogP contribution is 2.26. The van der Waals surface area contributed by atoms with Gasteiger partial charge < -0.3 is 10.8 Å². The van der Waals surface area contributed by atoms with E-state index >= 15 is 0 Å². The lowest BCUT2D eigenvalue weighted by atomic mass is 9.92. The highest BCUT2D eigenvalue weighted by molar-refractivity contribution is 5.88. The first-order valence-electron chi connectivity index (χ1n) is 6.85. The van der Waals surface area contributed by atoms with E-state index in [1.54, 1.807) is 16.8 Å². The van der Waals surface area contributed by atoms with E-state index < -0.39 is 6.09 Å². The van der Waals surface area contributed by atoms with Crippen LogP contribution in [0, 0.1) is 0 Å². The van der Waals surface area contributed by atoms with Crippen LogP contribution in [-0.4, -0.2) is 30.8 Å². The second-order valence-corrected chi connectivity index (χ2v) is 6.20. The number of rotatable bonds is 1. The van der Waals surface area contributed by atoms with Crippen LogP contribution in [0.5, 0.6) is 0 Å². The van der Waals surface area contributed by atoms with E-state index in [9.17, 15) is 4.79 Å². The highest BCUT2D eigenvalue weighted by atomic mass is 16.4.